The number of aryl methyl sites for hydroxylation is 1. The van der Waals surface area contributed by atoms with Crippen molar-refractivity contribution in [3.8, 4) is 11.5 Å². The topological polar surface area (TPSA) is 43.6 Å². The molecule has 0 aliphatic rings. The molecule has 0 N–H and O–H groups in total. The molecule has 18 heavy (non-hydrogen) atoms. The zero-order chi connectivity index (χ0) is 12.7. The van der Waals surface area contributed by atoms with Gasteiger partial charge in [0, 0.05) is 24.0 Å². The fourth-order valence-corrected chi connectivity index (χ4v) is 2.36. The highest BCUT2D eigenvalue weighted by Crippen LogP contribution is 2.28. The van der Waals surface area contributed by atoms with Crippen molar-refractivity contribution in [1.29, 1.82) is 0 Å². The maximum absolute atomic E-state index is 5.81. The van der Waals surface area contributed by atoms with E-state index in [0.717, 1.165) is 16.5 Å². The summed E-state index contributed by atoms with van der Waals surface area (Å²) in [5.41, 5.74) is 0.872. The van der Waals surface area contributed by atoms with Crippen molar-refractivity contribution < 1.29 is 0 Å². The summed E-state index contributed by atoms with van der Waals surface area (Å²) in [4.78, 5) is 12.0. The van der Waals surface area contributed by atoms with E-state index in [-0.39, 0.29) is 10.6 Å². The predicted molar refractivity (Wildman–Crippen MR) is 71.8 cm³/mol. The van der Waals surface area contributed by atoms with Crippen LogP contribution in [0.25, 0.3) is 22.3 Å². The van der Waals surface area contributed by atoms with Crippen LogP contribution >= 0.6 is 23.2 Å². The normalized spacial score (nSPS) is 11.1. The van der Waals surface area contributed by atoms with E-state index < -0.39 is 0 Å². The molecule has 0 atom stereocenters. The molecule has 0 saturated carbocycles. The van der Waals surface area contributed by atoms with Crippen molar-refractivity contribution in [2.45, 2.75) is 0 Å². The first-order chi connectivity index (χ1) is 8.65. The minimum Gasteiger partial charge on any atom is -0.347 e. The Morgan fingerprint density at radius 1 is 1.00 bits per heavy atom. The zero-order valence-corrected chi connectivity index (χ0v) is 10.9. The van der Waals surface area contributed by atoms with Crippen LogP contribution in [0, 0.1) is 0 Å². The number of aromatic nitrogens is 4. The second-order valence-corrected chi connectivity index (χ2v) is 4.55. The Morgan fingerprint density at radius 3 is 2.39 bits per heavy atom. The maximum atomic E-state index is 5.81. The lowest BCUT2D eigenvalue weighted by molar-refractivity contribution is 0.918. The molecule has 3 aromatic rings. The van der Waals surface area contributed by atoms with Gasteiger partial charge in [0.25, 0.3) is 0 Å². The zero-order valence-electron chi connectivity index (χ0n) is 9.43. The van der Waals surface area contributed by atoms with Gasteiger partial charge in [-0.1, -0.05) is 24.3 Å². The van der Waals surface area contributed by atoms with Crippen molar-refractivity contribution >= 4 is 34.0 Å². The van der Waals surface area contributed by atoms with Gasteiger partial charge in [-0.25, -0.2) is 0 Å². The van der Waals surface area contributed by atoms with Crippen LogP contribution in [-0.4, -0.2) is 19.5 Å². The molecular weight excluding hydrogens is 271 g/mol. The third-order valence-electron chi connectivity index (χ3n) is 2.69. The second kappa shape index (κ2) is 4.23. The number of nitrogens with zero attached hydrogens (tertiary/aromatic N) is 4. The summed E-state index contributed by atoms with van der Waals surface area (Å²) >= 11 is 11.6. The number of rotatable bonds is 1. The van der Waals surface area contributed by atoms with Gasteiger partial charge in [-0.15, -0.1) is 0 Å². The van der Waals surface area contributed by atoms with Crippen LogP contribution in [-0.2, 0) is 7.05 Å². The van der Waals surface area contributed by atoms with Gasteiger partial charge in [-0.05, 0) is 23.2 Å². The van der Waals surface area contributed by atoms with Gasteiger partial charge in [-0.2, -0.15) is 15.0 Å². The van der Waals surface area contributed by atoms with Gasteiger partial charge in [0.2, 0.25) is 10.6 Å². The first-order valence-electron chi connectivity index (χ1n) is 5.26. The Kier molecular flexibility index (Phi) is 2.69. The monoisotopic (exact) mass is 278 g/mol. The van der Waals surface area contributed by atoms with E-state index >= 15 is 0 Å². The average Bonchev–Trinajstić information content (AvgIpc) is 2.63. The Bertz CT molecular complexity index is 716. The van der Waals surface area contributed by atoms with Gasteiger partial charge in [0.1, 0.15) is 0 Å². The molecule has 90 valence electrons. The van der Waals surface area contributed by atoms with Gasteiger partial charge in [0.15, 0.2) is 5.82 Å². The van der Waals surface area contributed by atoms with Crippen LogP contribution in [0.3, 0.4) is 0 Å². The summed E-state index contributed by atoms with van der Waals surface area (Å²) in [6, 6.07) is 8.00. The van der Waals surface area contributed by atoms with E-state index in [0.29, 0.717) is 5.82 Å². The Morgan fingerprint density at radius 2 is 1.67 bits per heavy atom. The Labute approximate surface area is 113 Å². The fraction of sp³-hybridized carbons (Fsp3) is 0.0833. The third-order valence-corrected chi connectivity index (χ3v) is 3.03. The average molecular weight is 279 g/mol. The largest absolute Gasteiger partial charge is 0.347 e. The molecule has 0 aliphatic heterocycles. The SMILES string of the molecule is Cn1cc2ccccc2c1-c1nc(Cl)nc(Cl)n1. The lowest BCUT2D eigenvalue weighted by Gasteiger charge is -2.03. The van der Waals surface area contributed by atoms with Crippen LogP contribution in [0.5, 0.6) is 0 Å². The molecule has 6 heteroatoms. The van der Waals surface area contributed by atoms with Crippen LogP contribution in [0.15, 0.2) is 30.5 Å². The highest BCUT2D eigenvalue weighted by Gasteiger charge is 2.13. The maximum Gasteiger partial charge on any atom is 0.227 e. The van der Waals surface area contributed by atoms with Crippen molar-refractivity contribution in [3.63, 3.8) is 0 Å². The predicted octanol–water partition coefficient (Wildman–Crippen LogP) is 3.34. The number of halogens is 2. The van der Waals surface area contributed by atoms with E-state index in [9.17, 15) is 0 Å². The Hall–Kier alpha value is -1.65. The second-order valence-electron chi connectivity index (χ2n) is 3.87. The summed E-state index contributed by atoms with van der Waals surface area (Å²) in [6.45, 7) is 0. The van der Waals surface area contributed by atoms with E-state index in [2.05, 4.69) is 15.0 Å². The van der Waals surface area contributed by atoms with Gasteiger partial charge >= 0.3 is 0 Å². The number of hydrogen-bond donors (Lipinski definition) is 0. The van der Waals surface area contributed by atoms with Gasteiger partial charge in [0.05, 0.1) is 5.69 Å². The van der Waals surface area contributed by atoms with Crippen molar-refractivity contribution in [2.75, 3.05) is 0 Å². The van der Waals surface area contributed by atoms with Gasteiger partial charge in [-0.3, -0.25) is 0 Å². The molecule has 0 aliphatic carbocycles. The lowest BCUT2D eigenvalue weighted by Crippen LogP contribution is -1.98. The molecule has 4 nitrogen and oxygen atoms in total. The van der Waals surface area contributed by atoms with E-state index in [4.69, 9.17) is 23.2 Å². The smallest absolute Gasteiger partial charge is 0.227 e. The summed E-state index contributed by atoms with van der Waals surface area (Å²) in [5, 5.41) is 2.35. The van der Waals surface area contributed by atoms with E-state index in [1.165, 1.54) is 0 Å². The van der Waals surface area contributed by atoms with Crippen LogP contribution < -0.4 is 0 Å². The minimum atomic E-state index is 0.0929. The van der Waals surface area contributed by atoms with Crippen molar-refractivity contribution in [3.05, 3.63) is 41.0 Å². The molecular formula is C12H8Cl2N4. The van der Waals surface area contributed by atoms with E-state index in [1.807, 2.05) is 42.1 Å². The number of benzene rings is 1. The minimum absolute atomic E-state index is 0.0929. The molecule has 3 rings (SSSR count). The molecule has 0 bridgehead atoms. The molecule has 2 heterocycles. The first-order valence-corrected chi connectivity index (χ1v) is 6.02. The van der Waals surface area contributed by atoms with E-state index in [1.54, 1.807) is 0 Å². The van der Waals surface area contributed by atoms with Gasteiger partial charge < -0.3 is 4.57 Å². The van der Waals surface area contributed by atoms with Crippen LogP contribution in [0.2, 0.25) is 10.6 Å². The van der Waals surface area contributed by atoms with Crippen molar-refractivity contribution in [1.82, 2.24) is 19.5 Å². The highest BCUT2D eigenvalue weighted by molar-refractivity contribution is 6.31. The molecule has 0 radical (unpaired) electrons. The molecule has 0 saturated heterocycles. The van der Waals surface area contributed by atoms with Crippen LogP contribution in [0.4, 0.5) is 0 Å². The molecule has 0 unspecified atom stereocenters. The van der Waals surface area contributed by atoms with Crippen molar-refractivity contribution in [2.24, 2.45) is 7.05 Å². The molecule has 1 aromatic carbocycles. The highest BCUT2D eigenvalue weighted by atomic mass is 35.5. The summed E-state index contributed by atoms with van der Waals surface area (Å²) in [6.07, 6.45) is 2.01. The quantitative estimate of drug-likeness (QED) is 0.686. The lowest BCUT2D eigenvalue weighted by atomic mass is 10.2. The number of fused-ring (bicyclic) bond motifs is 1. The standard InChI is InChI=1S/C12H8Cl2N4/c1-18-6-7-4-2-3-5-8(7)9(18)10-15-11(13)17-12(14)16-10/h2-6H,1H3. The summed E-state index contributed by atoms with van der Waals surface area (Å²) in [7, 11) is 1.93. The molecule has 2 aromatic heterocycles. The fourth-order valence-electron chi connectivity index (χ4n) is 2.00. The third kappa shape index (κ3) is 1.83. The molecule has 0 fully saturated rings. The first kappa shape index (κ1) is 11.4. The Balaban J connectivity index is 2.34. The molecule has 0 amide bonds. The summed E-state index contributed by atoms with van der Waals surface area (Å²) < 4.78 is 1.95. The number of hydrogen-bond acceptors (Lipinski definition) is 3. The van der Waals surface area contributed by atoms with Crippen LogP contribution in [0.1, 0.15) is 0 Å². The summed E-state index contributed by atoms with van der Waals surface area (Å²) in [5.74, 6) is 0.476. The molecule has 0 spiro atoms.